The maximum absolute atomic E-state index is 11.0. The van der Waals surface area contributed by atoms with E-state index in [4.69, 9.17) is 14.6 Å². The zero-order chi connectivity index (χ0) is 15.1. The summed E-state index contributed by atoms with van der Waals surface area (Å²) in [4.78, 5) is 12.2. The van der Waals surface area contributed by atoms with Gasteiger partial charge in [-0.15, -0.1) is 0 Å². The van der Waals surface area contributed by atoms with Crippen LogP contribution in [0.4, 0.5) is 4.79 Å². The number of para-hydroxylation sites is 1. The molecule has 1 aromatic rings. The van der Waals surface area contributed by atoms with E-state index in [0.717, 1.165) is 12.2 Å². The lowest BCUT2D eigenvalue weighted by Gasteiger charge is -2.20. The fourth-order valence-corrected chi connectivity index (χ4v) is 2.37. The second kappa shape index (κ2) is 7.85. The number of nitrogens with zero attached hydrogens (tertiary/aromatic N) is 1. The standard InChI is InChI=1S/C15H21NO5/c17-13-9-12(16(10-13)15(18)19)11-20-7-4-8-21-14-5-2-1-3-6-14/h1-3,5-6,12-13,17H,4,7-11H2,(H,18,19)/t12-,13+/m1/s1. The zero-order valence-electron chi connectivity index (χ0n) is 11.9. The number of ether oxygens (including phenoxy) is 2. The lowest BCUT2D eigenvalue weighted by Crippen LogP contribution is -2.37. The average Bonchev–Trinajstić information content (AvgIpc) is 2.85. The Morgan fingerprint density at radius 2 is 2.05 bits per heavy atom. The molecule has 1 saturated heterocycles. The molecule has 0 saturated carbocycles. The van der Waals surface area contributed by atoms with Gasteiger partial charge in [-0.2, -0.15) is 0 Å². The van der Waals surface area contributed by atoms with E-state index in [1.807, 2.05) is 30.3 Å². The van der Waals surface area contributed by atoms with Crippen molar-refractivity contribution < 1.29 is 24.5 Å². The predicted octanol–water partition coefficient (Wildman–Crippen LogP) is 1.59. The number of carboxylic acid groups (broad SMARTS) is 1. The SMILES string of the molecule is O=C(O)N1C[C@@H](O)C[C@@H]1COCCCOc1ccccc1. The zero-order valence-corrected chi connectivity index (χ0v) is 11.9. The summed E-state index contributed by atoms with van der Waals surface area (Å²) >= 11 is 0. The number of carbonyl (C=O) groups is 1. The Morgan fingerprint density at radius 3 is 2.76 bits per heavy atom. The lowest BCUT2D eigenvalue weighted by atomic mass is 10.2. The van der Waals surface area contributed by atoms with Crippen LogP contribution < -0.4 is 4.74 Å². The van der Waals surface area contributed by atoms with Crippen LogP contribution in [-0.2, 0) is 4.74 Å². The molecule has 2 atom stereocenters. The van der Waals surface area contributed by atoms with E-state index in [1.54, 1.807) is 0 Å². The Hall–Kier alpha value is -1.79. The van der Waals surface area contributed by atoms with Gasteiger partial charge in [-0.1, -0.05) is 18.2 Å². The van der Waals surface area contributed by atoms with Crippen molar-refractivity contribution in [2.45, 2.75) is 25.0 Å². The van der Waals surface area contributed by atoms with E-state index in [1.165, 1.54) is 4.90 Å². The first-order valence-electron chi connectivity index (χ1n) is 7.10. The van der Waals surface area contributed by atoms with Crippen molar-refractivity contribution in [3.63, 3.8) is 0 Å². The van der Waals surface area contributed by atoms with Crippen molar-refractivity contribution in [3.8, 4) is 5.75 Å². The predicted molar refractivity (Wildman–Crippen MR) is 76.5 cm³/mol. The van der Waals surface area contributed by atoms with E-state index in [0.29, 0.717) is 26.2 Å². The van der Waals surface area contributed by atoms with E-state index < -0.39 is 12.2 Å². The van der Waals surface area contributed by atoms with Crippen molar-refractivity contribution in [2.24, 2.45) is 0 Å². The number of rotatable bonds is 7. The van der Waals surface area contributed by atoms with E-state index in [-0.39, 0.29) is 12.6 Å². The molecule has 2 rings (SSSR count). The summed E-state index contributed by atoms with van der Waals surface area (Å²) in [7, 11) is 0. The molecule has 6 nitrogen and oxygen atoms in total. The van der Waals surface area contributed by atoms with Crippen LogP contribution >= 0.6 is 0 Å². The van der Waals surface area contributed by atoms with Crippen molar-refractivity contribution >= 4 is 6.09 Å². The molecule has 6 heteroatoms. The highest BCUT2D eigenvalue weighted by Gasteiger charge is 2.34. The second-order valence-corrected chi connectivity index (χ2v) is 5.07. The molecule has 1 aliphatic heterocycles. The van der Waals surface area contributed by atoms with Gasteiger partial charge in [0.05, 0.1) is 31.9 Å². The van der Waals surface area contributed by atoms with Gasteiger partial charge in [0.25, 0.3) is 0 Å². The first kappa shape index (κ1) is 15.6. The first-order valence-corrected chi connectivity index (χ1v) is 7.10. The Balaban J connectivity index is 1.58. The van der Waals surface area contributed by atoms with Gasteiger partial charge in [0, 0.05) is 13.0 Å². The van der Waals surface area contributed by atoms with Crippen LogP contribution in [0.15, 0.2) is 30.3 Å². The van der Waals surface area contributed by atoms with Crippen LogP contribution in [0.3, 0.4) is 0 Å². The summed E-state index contributed by atoms with van der Waals surface area (Å²) in [5.41, 5.74) is 0. The molecule has 1 aromatic carbocycles. The maximum atomic E-state index is 11.0. The van der Waals surface area contributed by atoms with Crippen LogP contribution in [0.1, 0.15) is 12.8 Å². The largest absolute Gasteiger partial charge is 0.494 e. The maximum Gasteiger partial charge on any atom is 0.407 e. The molecular weight excluding hydrogens is 274 g/mol. The highest BCUT2D eigenvalue weighted by molar-refractivity contribution is 5.66. The number of aliphatic hydroxyl groups excluding tert-OH is 1. The topological polar surface area (TPSA) is 79.2 Å². The molecule has 21 heavy (non-hydrogen) atoms. The number of β-amino-alcohol motifs (C(OH)–C–C–N with tert-alkyl or cyclic N) is 1. The van der Waals surface area contributed by atoms with Crippen molar-refractivity contribution in [3.05, 3.63) is 30.3 Å². The Labute approximate surface area is 123 Å². The van der Waals surface area contributed by atoms with Gasteiger partial charge in [0.2, 0.25) is 0 Å². The minimum atomic E-state index is -1.01. The molecule has 1 fully saturated rings. The van der Waals surface area contributed by atoms with Crippen LogP contribution in [-0.4, -0.2) is 59.7 Å². The first-order chi connectivity index (χ1) is 10.2. The third-order valence-corrected chi connectivity index (χ3v) is 3.39. The van der Waals surface area contributed by atoms with Gasteiger partial charge in [-0.25, -0.2) is 4.79 Å². The highest BCUT2D eigenvalue weighted by Crippen LogP contribution is 2.18. The minimum Gasteiger partial charge on any atom is -0.494 e. The summed E-state index contributed by atoms with van der Waals surface area (Å²) in [5.74, 6) is 0.827. The minimum absolute atomic E-state index is 0.167. The third kappa shape index (κ3) is 4.91. The number of hydrogen-bond donors (Lipinski definition) is 2. The average molecular weight is 295 g/mol. The molecule has 1 aliphatic rings. The van der Waals surface area contributed by atoms with E-state index in [2.05, 4.69) is 0 Å². The molecule has 116 valence electrons. The summed E-state index contributed by atoms with van der Waals surface area (Å²) in [5, 5.41) is 18.5. The highest BCUT2D eigenvalue weighted by atomic mass is 16.5. The van der Waals surface area contributed by atoms with Gasteiger partial charge in [0.1, 0.15) is 5.75 Å². The monoisotopic (exact) mass is 295 g/mol. The molecule has 1 amide bonds. The van der Waals surface area contributed by atoms with Crippen LogP contribution in [0.2, 0.25) is 0 Å². The van der Waals surface area contributed by atoms with Gasteiger partial charge in [0.15, 0.2) is 0 Å². The van der Waals surface area contributed by atoms with Crippen molar-refractivity contribution in [1.82, 2.24) is 4.90 Å². The van der Waals surface area contributed by atoms with Crippen molar-refractivity contribution in [1.29, 1.82) is 0 Å². The Kier molecular flexibility index (Phi) is 5.83. The summed E-state index contributed by atoms with van der Waals surface area (Å²) < 4.78 is 11.0. The Morgan fingerprint density at radius 1 is 1.29 bits per heavy atom. The fraction of sp³-hybridized carbons (Fsp3) is 0.533. The molecular formula is C15H21NO5. The van der Waals surface area contributed by atoms with Gasteiger partial charge < -0.3 is 24.6 Å². The molecule has 0 aliphatic carbocycles. The normalized spacial score (nSPS) is 21.5. The van der Waals surface area contributed by atoms with Crippen molar-refractivity contribution in [2.75, 3.05) is 26.4 Å². The molecule has 0 radical (unpaired) electrons. The summed E-state index contributed by atoms with van der Waals surface area (Å²) in [6, 6.07) is 9.29. The summed E-state index contributed by atoms with van der Waals surface area (Å²) in [6.07, 6.45) is -0.423. The van der Waals surface area contributed by atoms with E-state index >= 15 is 0 Å². The number of benzene rings is 1. The molecule has 0 aromatic heterocycles. The fourth-order valence-electron chi connectivity index (χ4n) is 2.37. The van der Waals surface area contributed by atoms with E-state index in [9.17, 15) is 9.90 Å². The second-order valence-electron chi connectivity index (χ2n) is 5.07. The van der Waals surface area contributed by atoms with Crippen LogP contribution in [0.25, 0.3) is 0 Å². The third-order valence-electron chi connectivity index (χ3n) is 3.39. The summed E-state index contributed by atoms with van der Waals surface area (Å²) in [6.45, 7) is 1.54. The molecule has 0 spiro atoms. The molecule has 0 unspecified atom stereocenters. The number of aliphatic hydroxyl groups is 1. The van der Waals surface area contributed by atoms with Gasteiger partial charge in [-0.3, -0.25) is 0 Å². The van der Waals surface area contributed by atoms with Gasteiger partial charge >= 0.3 is 6.09 Å². The number of hydrogen-bond acceptors (Lipinski definition) is 4. The molecule has 0 bridgehead atoms. The van der Waals surface area contributed by atoms with Gasteiger partial charge in [-0.05, 0) is 18.6 Å². The Bertz CT molecular complexity index is 439. The lowest BCUT2D eigenvalue weighted by molar-refractivity contribution is 0.0667. The number of amides is 1. The number of likely N-dealkylation sites (tertiary alicyclic amines) is 1. The molecule has 2 N–H and O–H groups in total. The van der Waals surface area contributed by atoms with Crippen LogP contribution in [0.5, 0.6) is 5.75 Å². The molecule has 1 heterocycles. The smallest absolute Gasteiger partial charge is 0.407 e. The quantitative estimate of drug-likeness (QED) is 0.747. The van der Waals surface area contributed by atoms with Crippen LogP contribution in [0, 0.1) is 0 Å².